The van der Waals surface area contributed by atoms with Crippen molar-refractivity contribution in [1.29, 1.82) is 0 Å². The van der Waals surface area contributed by atoms with E-state index >= 15 is 0 Å². The smallest absolute Gasteiger partial charge is 0.121 e. The number of fused-ring (bicyclic) bond motifs is 1. The second-order valence-corrected chi connectivity index (χ2v) is 3.67. The highest BCUT2D eigenvalue weighted by molar-refractivity contribution is 6.36. The van der Waals surface area contributed by atoms with Crippen molar-refractivity contribution in [3.8, 4) is 0 Å². The van der Waals surface area contributed by atoms with Gasteiger partial charge in [-0.25, -0.2) is 0 Å². The molecule has 50 valence electrons. The van der Waals surface area contributed by atoms with Crippen molar-refractivity contribution in [1.82, 2.24) is 4.90 Å². The Morgan fingerprint density at radius 2 is 1.78 bits per heavy atom. The number of hydrogen-bond acceptors (Lipinski definition) is 1. The average Bonchev–Trinajstić information content (AvgIpc) is 2.22. The van der Waals surface area contributed by atoms with Crippen molar-refractivity contribution >= 4 is 7.28 Å². The maximum Gasteiger partial charge on any atom is 0.121 e. The van der Waals surface area contributed by atoms with E-state index < -0.39 is 0 Å². The molecule has 1 nitrogen and oxygen atoms in total. The van der Waals surface area contributed by atoms with E-state index in [1.54, 1.807) is 0 Å². The second kappa shape index (κ2) is 2.01. The maximum absolute atomic E-state index is 2.48. The first-order valence-electron chi connectivity index (χ1n) is 4.05. The Bertz CT molecular complexity index is 103. The molecule has 2 aliphatic rings. The molecule has 2 heterocycles. The van der Waals surface area contributed by atoms with E-state index in [1.807, 2.05) is 0 Å². The Balaban J connectivity index is 2.02. The lowest BCUT2D eigenvalue weighted by molar-refractivity contribution is 0.396. The first-order chi connectivity index (χ1) is 4.36. The Morgan fingerprint density at radius 3 is 2.33 bits per heavy atom. The van der Waals surface area contributed by atoms with Crippen LogP contribution < -0.4 is 0 Å². The van der Waals surface area contributed by atoms with Gasteiger partial charge in [-0.05, 0) is 18.9 Å². The van der Waals surface area contributed by atoms with Gasteiger partial charge in [0.2, 0.25) is 0 Å². The van der Waals surface area contributed by atoms with Crippen molar-refractivity contribution in [2.24, 2.45) is 11.8 Å². The van der Waals surface area contributed by atoms with Gasteiger partial charge in [0.15, 0.2) is 0 Å². The molecule has 0 aromatic heterocycles. The van der Waals surface area contributed by atoms with Crippen LogP contribution in [-0.4, -0.2) is 32.3 Å². The summed E-state index contributed by atoms with van der Waals surface area (Å²) in [4.78, 5) is 2.48. The van der Waals surface area contributed by atoms with Crippen LogP contribution in [0.1, 0.15) is 0 Å². The molecule has 2 unspecified atom stereocenters. The summed E-state index contributed by atoms with van der Waals surface area (Å²) in [5.41, 5.74) is 0. The molecule has 2 fully saturated rings. The quantitative estimate of drug-likeness (QED) is 0.422. The molecule has 0 N–H and O–H groups in total. The van der Waals surface area contributed by atoms with E-state index in [-0.39, 0.29) is 0 Å². The Morgan fingerprint density at radius 1 is 1.22 bits per heavy atom. The van der Waals surface area contributed by atoms with Gasteiger partial charge < -0.3 is 4.90 Å². The summed E-state index contributed by atoms with van der Waals surface area (Å²) in [7, 11) is 3.75. The van der Waals surface area contributed by atoms with E-state index in [4.69, 9.17) is 0 Å². The molecule has 2 rings (SSSR count). The summed E-state index contributed by atoms with van der Waals surface area (Å²) in [6.45, 7) is 2.76. The number of nitrogens with zero attached hydrogens (tertiary/aromatic N) is 1. The third-order valence-corrected chi connectivity index (χ3v) is 2.91. The van der Waals surface area contributed by atoms with Crippen LogP contribution in [0.4, 0.5) is 0 Å². The lowest BCUT2D eigenvalue weighted by Gasteiger charge is -2.06. The standard InChI is InChI=1S/C7H14BN/c1-9-4-6-2-8-3-7(6)5-9/h6-8H,2-5H2,1H3. The number of likely N-dealkylation sites (tertiary alicyclic amines) is 1. The minimum Gasteiger partial charge on any atom is -0.306 e. The molecular formula is C7H14BN. The van der Waals surface area contributed by atoms with Gasteiger partial charge in [0.1, 0.15) is 7.28 Å². The molecule has 9 heavy (non-hydrogen) atoms. The van der Waals surface area contributed by atoms with Crippen LogP contribution in [0, 0.1) is 11.8 Å². The fourth-order valence-electron chi connectivity index (χ4n) is 2.47. The molecule has 0 saturated carbocycles. The summed E-state index contributed by atoms with van der Waals surface area (Å²) in [6, 6.07) is 0. The zero-order valence-electron chi connectivity index (χ0n) is 6.14. The second-order valence-electron chi connectivity index (χ2n) is 3.67. The molecule has 2 atom stereocenters. The van der Waals surface area contributed by atoms with Crippen molar-refractivity contribution in [2.75, 3.05) is 20.1 Å². The van der Waals surface area contributed by atoms with Crippen LogP contribution in [0.15, 0.2) is 0 Å². The SMILES string of the molecule is CN1CC2CBCC2C1. The molecule has 2 aliphatic heterocycles. The van der Waals surface area contributed by atoms with Crippen molar-refractivity contribution < 1.29 is 0 Å². The minimum absolute atomic E-state index is 1.08. The first-order valence-corrected chi connectivity index (χ1v) is 4.05. The zero-order valence-corrected chi connectivity index (χ0v) is 6.14. The van der Waals surface area contributed by atoms with Gasteiger partial charge in [-0.3, -0.25) is 0 Å². The Labute approximate surface area is 57.7 Å². The Kier molecular flexibility index (Phi) is 1.29. The van der Waals surface area contributed by atoms with E-state index in [9.17, 15) is 0 Å². The summed E-state index contributed by atoms with van der Waals surface area (Å²) in [5.74, 6) is 2.16. The molecule has 0 amide bonds. The summed E-state index contributed by atoms with van der Waals surface area (Å²) in [5, 5.41) is 0. The summed E-state index contributed by atoms with van der Waals surface area (Å²) >= 11 is 0. The van der Waals surface area contributed by atoms with Gasteiger partial charge in [-0.15, -0.1) is 0 Å². The molecule has 0 aliphatic carbocycles. The number of rotatable bonds is 0. The predicted octanol–water partition coefficient (Wildman–Crippen LogP) is 0.451. The highest BCUT2D eigenvalue weighted by atomic mass is 15.1. The molecule has 0 aromatic rings. The van der Waals surface area contributed by atoms with Crippen molar-refractivity contribution in [3.63, 3.8) is 0 Å². The van der Waals surface area contributed by atoms with Gasteiger partial charge in [0.05, 0.1) is 0 Å². The topological polar surface area (TPSA) is 3.24 Å². The third-order valence-electron chi connectivity index (χ3n) is 2.91. The molecule has 2 heteroatoms. The van der Waals surface area contributed by atoms with E-state index in [0.29, 0.717) is 0 Å². The van der Waals surface area contributed by atoms with Gasteiger partial charge in [0.25, 0.3) is 0 Å². The molecule has 0 spiro atoms. The maximum atomic E-state index is 2.48. The highest BCUT2D eigenvalue weighted by Gasteiger charge is 2.34. The molecular weight excluding hydrogens is 109 g/mol. The average molecular weight is 123 g/mol. The summed E-state index contributed by atoms with van der Waals surface area (Å²) in [6.07, 6.45) is 3.02. The normalized spacial score (nSPS) is 42.8. The van der Waals surface area contributed by atoms with E-state index in [1.165, 1.54) is 33.0 Å². The van der Waals surface area contributed by atoms with Gasteiger partial charge in [-0.1, -0.05) is 12.6 Å². The zero-order chi connectivity index (χ0) is 6.27. The molecule has 0 radical (unpaired) electrons. The third kappa shape index (κ3) is 0.897. The van der Waals surface area contributed by atoms with Gasteiger partial charge in [-0.2, -0.15) is 0 Å². The molecule has 0 aromatic carbocycles. The minimum atomic E-state index is 1.08. The van der Waals surface area contributed by atoms with Crippen LogP contribution in [-0.2, 0) is 0 Å². The van der Waals surface area contributed by atoms with Crippen LogP contribution in [0.3, 0.4) is 0 Å². The lowest BCUT2D eigenvalue weighted by Crippen LogP contribution is -2.15. The largest absolute Gasteiger partial charge is 0.306 e. The van der Waals surface area contributed by atoms with Crippen LogP contribution in [0.25, 0.3) is 0 Å². The van der Waals surface area contributed by atoms with Crippen molar-refractivity contribution in [2.45, 2.75) is 12.6 Å². The molecule has 2 saturated heterocycles. The van der Waals surface area contributed by atoms with Crippen LogP contribution >= 0.6 is 0 Å². The fraction of sp³-hybridized carbons (Fsp3) is 1.00. The van der Waals surface area contributed by atoms with Gasteiger partial charge >= 0.3 is 0 Å². The Hall–Kier alpha value is 0.0249. The number of hydrogen-bond donors (Lipinski definition) is 0. The highest BCUT2D eigenvalue weighted by Crippen LogP contribution is 2.34. The van der Waals surface area contributed by atoms with E-state index in [2.05, 4.69) is 11.9 Å². The molecule has 0 bridgehead atoms. The lowest BCUT2D eigenvalue weighted by atomic mass is 9.75. The van der Waals surface area contributed by atoms with Gasteiger partial charge in [0, 0.05) is 13.1 Å². The van der Waals surface area contributed by atoms with E-state index in [0.717, 1.165) is 11.8 Å². The van der Waals surface area contributed by atoms with Crippen LogP contribution in [0.5, 0.6) is 0 Å². The fourth-order valence-corrected chi connectivity index (χ4v) is 2.47. The van der Waals surface area contributed by atoms with Crippen molar-refractivity contribution in [3.05, 3.63) is 0 Å². The first kappa shape index (κ1) is 5.78. The predicted molar refractivity (Wildman–Crippen MR) is 41.2 cm³/mol. The summed E-state index contributed by atoms with van der Waals surface area (Å²) < 4.78 is 0. The monoisotopic (exact) mass is 123 g/mol. The van der Waals surface area contributed by atoms with Crippen LogP contribution in [0.2, 0.25) is 12.6 Å².